The number of anilines is 1. The van der Waals surface area contributed by atoms with Crippen LogP contribution in [0.2, 0.25) is 10.0 Å². The number of carbonyl (C=O) groups excluding carboxylic acids is 1. The second kappa shape index (κ2) is 8.19. The summed E-state index contributed by atoms with van der Waals surface area (Å²) in [5.41, 5.74) is 0.651. The van der Waals surface area contributed by atoms with Gasteiger partial charge >= 0.3 is 0 Å². The van der Waals surface area contributed by atoms with Crippen LogP contribution in [-0.2, 0) is 4.79 Å². The van der Waals surface area contributed by atoms with Gasteiger partial charge in [0.2, 0.25) is 5.91 Å². The quantitative estimate of drug-likeness (QED) is 0.713. The Balaban J connectivity index is 1.84. The number of amidine groups is 1. The van der Waals surface area contributed by atoms with Crippen molar-refractivity contribution in [3.05, 3.63) is 28.2 Å². The lowest BCUT2D eigenvalue weighted by atomic mass is 9.96. The zero-order valence-corrected chi connectivity index (χ0v) is 16.9. The maximum Gasteiger partial charge on any atom is 0.225 e. The first kappa shape index (κ1) is 18.9. The molecule has 4 nitrogen and oxygen atoms in total. The van der Waals surface area contributed by atoms with Crippen LogP contribution in [0.1, 0.15) is 39.0 Å². The molecule has 1 heterocycles. The van der Waals surface area contributed by atoms with Gasteiger partial charge in [-0.2, -0.15) is 0 Å². The molecule has 3 rings (SSSR count). The lowest BCUT2D eigenvalue weighted by Gasteiger charge is -2.33. The molecule has 2 aliphatic rings. The molecular weight excluding hydrogens is 377 g/mol. The molecule has 0 spiro atoms. The monoisotopic (exact) mass is 399 g/mol. The van der Waals surface area contributed by atoms with E-state index < -0.39 is 0 Å². The van der Waals surface area contributed by atoms with Crippen molar-refractivity contribution < 1.29 is 4.79 Å². The number of halogens is 2. The van der Waals surface area contributed by atoms with Crippen molar-refractivity contribution in [3.8, 4) is 0 Å². The highest BCUT2D eigenvalue weighted by Crippen LogP contribution is 2.37. The van der Waals surface area contributed by atoms with Crippen molar-refractivity contribution in [2.45, 2.75) is 51.2 Å². The van der Waals surface area contributed by atoms with Crippen molar-refractivity contribution in [2.75, 3.05) is 17.7 Å². The summed E-state index contributed by atoms with van der Waals surface area (Å²) in [6, 6.07) is 5.80. The fourth-order valence-corrected chi connectivity index (χ4v) is 5.06. The zero-order valence-electron chi connectivity index (χ0n) is 14.5. The summed E-state index contributed by atoms with van der Waals surface area (Å²) in [5, 5.41) is 1.88. The van der Waals surface area contributed by atoms with Gasteiger partial charge in [0.25, 0.3) is 0 Å². The van der Waals surface area contributed by atoms with Gasteiger partial charge in [-0.05, 0) is 25.0 Å². The molecule has 1 unspecified atom stereocenters. The van der Waals surface area contributed by atoms with Gasteiger partial charge in [0.15, 0.2) is 5.17 Å². The van der Waals surface area contributed by atoms with Crippen LogP contribution >= 0.6 is 35.0 Å². The third kappa shape index (κ3) is 4.09. The highest BCUT2D eigenvalue weighted by Gasteiger charge is 2.36. The van der Waals surface area contributed by atoms with Gasteiger partial charge in [-0.1, -0.05) is 60.3 Å². The molecule has 7 heteroatoms. The molecule has 2 fully saturated rings. The molecule has 1 aromatic carbocycles. The van der Waals surface area contributed by atoms with Crippen molar-refractivity contribution >= 4 is 51.7 Å². The van der Waals surface area contributed by atoms with Gasteiger partial charge in [-0.25, -0.2) is 0 Å². The van der Waals surface area contributed by atoms with Crippen LogP contribution in [0.4, 0.5) is 5.69 Å². The van der Waals surface area contributed by atoms with E-state index in [1.807, 2.05) is 19.2 Å². The van der Waals surface area contributed by atoms with E-state index in [-0.39, 0.29) is 12.1 Å². The Morgan fingerprint density at radius 1 is 1.28 bits per heavy atom. The highest BCUT2D eigenvalue weighted by atomic mass is 35.5. The summed E-state index contributed by atoms with van der Waals surface area (Å²) < 4.78 is 0. The Kier molecular flexibility index (Phi) is 6.18. The molecule has 1 saturated carbocycles. The first-order valence-electron chi connectivity index (χ1n) is 8.66. The predicted molar refractivity (Wildman–Crippen MR) is 108 cm³/mol. The molecule has 136 valence electrons. The molecule has 1 saturated heterocycles. The number of rotatable bonds is 3. The first-order chi connectivity index (χ1) is 12.0. The van der Waals surface area contributed by atoms with Crippen molar-refractivity contribution in [1.29, 1.82) is 0 Å². The van der Waals surface area contributed by atoms with Crippen LogP contribution in [0, 0.1) is 0 Å². The second-order valence-electron chi connectivity index (χ2n) is 6.57. The van der Waals surface area contributed by atoms with Crippen LogP contribution in [0.25, 0.3) is 0 Å². The van der Waals surface area contributed by atoms with Crippen LogP contribution in [0.15, 0.2) is 23.2 Å². The largest absolute Gasteiger partial charge is 0.333 e. The average molecular weight is 400 g/mol. The summed E-state index contributed by atoms with van der Waals surface area (Å²) >= 11 is 14.2. The number of nitrogens with zero attached hydrogens (tertiary/aromatic N) is 3. The fraction of sp³-hybridized carbons (Fsp3) is 0.556. The Morgan fingerprint density at radius 2 is 2.00 bits per heavy atom. The first-order valence-corrected chi connectivity index (χ1v) is 10.4. The predicted octanol–water partition coefficient (Wildman–Crippen LogP) is 5.04. The van der Waals surface area contributed by atoms with E-state index in [0.717, 1.165) is 10.9 Å². The van der Waals surface area contributed by atoms with E-state index in [0.29, 0.717) is 21.8 Å². The van der Waals surface area contributed by atoms with Gasteiger partial charge in [-0.15, -0.1) is 0 Å². The number of amides is 1. The summed E-state index contributed by atoms with van der Waals surface area (Å²) in [5.74, 6) is 0.713. The number of benzene rings is 1. The number of hydrogen-bond donors (Lipinski definition) is 0. The molecule has 1 amide bonds. The van der Waals surface area contributed by atoms with E-state index in [1.165, 1.54) is 32.1 Å². The van der Waals surface area contributed by atoms with E-state index in [4.69, 9.17) is 28.2 Å². The third-order valence-corrected chi connectivity index (χ3v) is 6.73. The standard InChI is InChI=1S/C18H23Cl2N3OS/c1-12(24)23(15-10-6-9-14(19)17(15)20)16-11-25-18(22(16)2)21-13-7-4-3-5-8-13/h6,9-10,13,16H,3-5,7-8,11H2,1-2H3. The number of hydrogen-bond acceptors (Lipinski definition) is 3. The topological polar surface area (TPSA) is 35.9 Å². The van der Waals surface area contributed by atoms with Gasteiger partial charge in [0.05, 0.1) is 21.8 Å². The smallest absolute Gasteiger partial charge is 0.225 e. The minimum absolute atomic E-state index is 0.0551. The van der Waals surface area contributed by atoms with Crippen molar-refractivity contribution in [3.63, 3.8) is 0 Å². The molecule has 1 aliphatic carbocycles. The molecule has 1 atom stereocenters. The van der Waals surface area contributed by atoms with Gasteiger partial charge < -0.3 is 4.90 Å². The van der Waals surface area contributed by atoms with Crippen LogP contribution in [-0.4, -0.2) is 41.0 Å². The fourth-order valence-electron chi connectivity index (χ4n) is 3.45. The Bertz CT molecular complexity index is 676. The Morgan fingerprint density at radius 3 is 2.68 bits per heavy atom. The van der Waals surface area contributed by atoms with E-state index in [2.05, 4.69) is 4.90 Å². The average Bonchev–Trinajstić information content (AvgIpc) is 2.93. The second-order valence-corrected chi connectivity index (χ2v) is 8.34. The SMILES string of the molecule is CC(=O)N(c1cccc(Cl)c1Cl)C1CSC(=NC2CCCCC2)N1C. The minimum Gasteiger partial charge on any atom is -0.333 e. The number of aliphatic imine (C=N–C) groups is 1. The lowest BCUT2D eigenvalue weighted by molar-refractivity contribution is -0.117. The number of carbonyl (C=O) groups is 1. The summed E-state index contributed by atoms with van der Waals surface area (Å²) in [7, 11) is 2.00. The minimum atomic E-state index is -0.110. The third-order valence-electron chi connectivity index (χ3n) is 4.81. The van der Waals surface area contributed by atoms with E-state index in [9.17, 15) is 4.79 Å². The van der Waals surface area contributed by atoms with E-state index >= 15 is 0 Å². The lowest BCUT2D eigenvalue weighted by Crippen LogP contribution is -2.48. The Hall–Kier alpha value is -0.910. The highest BCUT2D eigenvalue weighted by molar-refractivity contribution is 8.14. The molecule has 0 aromatic heterocycles. The molecular formula is C18H23Cl2N3OS. The van der Waals surface area contributed by atoms with Crippen LogP contribution < -0.4 is 4.90 Å². The summed E-state index contributed by atoms with van der Waals surface area (Å²) in [6.45, 7) is 1.56. The summed E-state index contributed by atoms with van der Waals surface area (Å²) in [4.78, 5) is 21.2. The molecule has 0 N–H and O–H groups in total. The Labute approximate surface area is 163 Å². The molecule has 25 heavy (non-hydrogen) atoms. The van der Waals surface area contributed by atoms with Gasteiger partial charge in [-0.3, -0.25) is 14.7 Å². The van der Waals surface area contributed by atoms with Crippen LogP contribution in [0.3, 0.4) is 0 Å². The van der Waals surface area contributed by atoms with E-state index in [1.54, 1.807) is 29.7 Å². The normalized spacial score (nSPS) is 23.3. The number of thioether (sulfide) groups is 1. The molecule has 1 aromatic rings. The zero-order chi connectivity index (χ0) is 18.0. The maximum atomic E-state index is 12.4. The van der Waals surface area contributed by atoms with Crippen molar-refractivity contribution in [1.82, 2.24) is 4.90 Å². The molecule has 0 bridgehead atoms. The van der Waals surface area contributed by atoms with Gasteiger partial charge in [0, 0.05) is 19.7 Å². The van der Waals surface area contributed by atoms with Crippen molar-refractivity contribution in [2.24, 2.45) is 4.99 Å². The molecule has 0 radical (unpaired) electrons. The van der Waals surface area contributed by atoms with Gasteiger partial charge in [0.1, 0.15) is 6.17 Å². The maximum absolute atomic E-state index is 12.4. The molecule has 1 aliphatic heterocycles. The summed E-state index contributed by atoms with van der Waals surface area (Å²) in [6.07, 6.45) is 6.06. The van der Waals surface area contributed by atoms with Crippen LogP contribution in [0.5, 0.6) is 0 Å².